The Balaban J connectivity index is 2.04. The van der Waals surface area contributed by atoms with E-state index in [0.29, 0.717) is 0 Å². The Hall–Kier alpha value is -1.13. The quantitative estimate of drug-likeness (QED) is 0.866. The minimum Gasteiger partial charge on any atom is -0.349 e. The molecular weight excluding hydrogens is 255 g/mol. The summed E-state index contributed by atoms with van der Waals surface area (Å²) in [4.78, 5) is 12.0. The first kappa shape index (κ1) is 13.3. The number of carbonyl (C=O) groups is 1. The molecule has 1 atom stereocenters. The van der Waals surface area contributed by atoms with Gasteiger partial charge in [0.05, 0.1) is 10.6 Å². The van der Waals surface area contributed by atoms with Crippen molar-refractivity contribution < 1.29 is 9.18 Å². The number of amides is 1. The molecule has 5 heteroatoms. The molecule has 0 bridgehead atoms. The lowest BCUT2D eigenvalue weighted by atomic mass is 10.1. The Bertz CT molecular complexity index is 431. The third kappa shape index (κ3) is 3.21. The van der Waals surface area contributed by atoms with E-state index < -0.39 is 5.82 Å². The van der Waals surface area contributed by atoms with Crippen LogP contribution < -0.4 is 10.6 Å². The van der Waals surface area contributed by atoms with Gasteiger partial charge >= 0.3 is 0 Å². The van der Waals surface area contributed by atoms with Gasteiger partial charge in [0.1, 0.15) is 5.82 Å². The standard InChI is InChI=1S/C13H16ClFN2O/c14-12-10(4-1-5-11(12)15)13(18)17-9-3-2-7-16-8-6-9/h1,4-5,9,16H,2-3,6-8H2,(H,17,18). The van der Waals surface area contributed by atoms with Crippen LogP contribution in [0.2, 0.25) is 5.02 Å². The first-order valence-corrected chi connectivity index (χ1v) is 6.52. The van der Waals surface area contributed by atoms with Gasteiger partial charge in [-0.3, -0.25) is 4.79 Å². The van der Waals surface area contributed by atoms with Gasteiger partial charge in [-0.15, -0.1) is 0 Å². The molecule has 1 aromatic carbocycles. The topological polar surface area (TPSA) is 41.1 Å². The lowest BCUT2D eigenvalue weighted by molar-refractivity contribution is 0.0934. The van der Waals surface area contributed by atoms with Crippen molar-refractivity contribution in [1.29, 1.82) is 0 Å². The minimum atomic E-state index is -0.563. The van der Waals surface area contributed by atoms with Crippen LogP contribution >= 0.6 is 11.6 Å². The molecule has 1 unspecified atom stereocenters. The van der Waals surface area contributed by atoms with E-state index in [1.807, 2.05) is 0 Å². The lowest BCUT2D eigenvalue weighted by Crippen LogP contribution is -2.35. The Morgan fingerprint density at radius 2 is 2.22 bits per heavy atom. The number of hydrogen-bond donors (Lipinski definition) is 2. The third-order valence-corrected chi connectivity index (χ3v) is 3.49. The fourth-order valence-electron chi connectivity index (χ4n) is 2.11. The minimum absolute atomic E-state index is 0.109. The fourth-order valence-corrected chi connectivity index (χ4v) is 2.32. The SMILES string of the molecule is O=C(NC1CCCNCC1)c1cccc(F)c1Cl. The maximum absolute atomic E-state index is 13.3. The molecule has 1 fully saturated rings. The summed E-state index contributed by atoms with van der Waals surface area (Å²) < 4.78 is 13.3. The van der Waals surface area contributed by atoms with Crippen LogP contribution in [-0.4, -0.2) is 25.0 Å². The van der Waals surface area contributed by atoms with Crippen molar-refractivity contribution in [3.8, 4) is 0 Å². The maximum atomic E-state index is 13.3. The zero-order chi connectivity index (χ0) is 13.0. The molecule has 1 amide bonds. The first-order valence-electron chi connectivity index (χ1n) is 6.14. The van der Waals surface area contributed by atoms with Crippen LogP contribution in [0.3, 0.4) is 0 Å². The Morgan fingerprint density at radius 3 is 3.06 bits per heavy atom. The van der Waals surface area contributed by atoms with E-state index in [0.717, 1.165) is 32.4 Å². The highest BCUT2D eigenvalue weighted by Gasteiger charge is 2.18. The van der Waals surface area contributed by atoms with Gasteiger partial charge in [-0.05, 0) is 44.5 Å². The molecule has 0 saturated carbocycles. The average Bonchev–Trinajstić information content (AvgIpc) is 2.61. The highest BCUT2D eigenvalue weighted by atomic mass is 35.5. The van der Waals surface area contributed by atoms with E-state index in [4.69, 9.17) is 11.6 Å². The van der Waals surface area contributed by atoms with Gasteiger partial charge in [0.15, 0.2) is 0 Å². The van der Waals surface area contributed by atoms with Crippen molar-refractivity contribution in [2.24, 2.45) is 0 Å². The third-order valence-electron chi connectivity index (χ3n) is 3.11. The number of benzene rings is 1. The zero-order valence-corrected chi connectivity index (χ0v) is 10.8. The van der Waals surface area contributed by atoms with Crippen molar-refractivity contribution in [2.75, 3.05) is 13.1 Å². The summed E-state index contributed by atoms with van der Waals surface area (Å²) in [5.74, 6) is -0.863. The van der Waals surface area contributed by atoms with Crippen LogP contribution in [0.4, 0.5) is 4.39 Å². The number of halogens is 2. The summed E-state index contributed by atoms with van der Waals surface area (Å²) in [5.41, 5.74) is 0.203. The van der Waals surface area contributed by atoms with Gasteiger partial charge in [0, 0.05) is 6.04 Å². The van der Waals surface area contributed by atoms with Crippen molar-refractivity contribution >= 4 is 17.5 Å². The summed E-state index contributed by atoms with van der Waals surface area (Å²) in [7, 11) is 0. The predicted molar refractivity (Wildman–Crippen MR) is 69.4 cm³/mol. The van der Waals surface area contributed by atoms with Gasteiger partial charge in [0.2, 0.25) is 0 Å². The molecule has 1 saturated heterocycles. The van der Waals surface area contributed by atoms with Crippen molar-refractivity contribution in [1.82, 2.24) is 10.6 Å². The molecule has 3 nitrogen and oxygen atoms in total. The zero-order valence-electron chi connectivity index (χ0n) is 10.0. The van der Waals surface area contributed by atoms with Gasteiger partial charge in [-0.2, -0.15) is 0 Å². The largest absolute Gasteiger partial charge is 0.349 e. The highest BCUT2D eigenvalue weighted by Crippen LogP contribution is 2.20. The molecule has 1 aliphatic heterocycles. The molecule has 1 heterocycles. The molecule has 0 radical (unpaired) electrons. The average molecular weight is 271 g/mol. The molecule has 18 heavy (non-hydrogen) atoms. The predicted octanol–water partition coefficient (Wildman–Crippen LogP) is 2.35. The molecule has 98 valence electrons. The van der Waals surface area contributed by atoms with Crippen LogP contribution in [0.15, 0.2) is 18.2 Å². The van der Waals surface area contributed by atoms with Crippen molar-refractivity contribution in [3.63, 3.8) is 0 Å². The van der Waals surface area contributed by atoms with Gasteiger partial charge < -0.3 is 10.6 Å². The normalized spacial score (nSPS) is 20.2. The second-order valence-electron chi connectivity index (χ2n) is 4.45. The summed E-state index contributed by atoms with van der Waals surface area (Å²) in [6, 6.07) is 4.40. The summed E-state index contributed by atoms with van der Waals surface area (Å²) >= 11 is 5.79. The molecule has 0 aliphatic carbocycles. The monoisotopic (exact) mass is 270 g/mol. The van der Waals surface area contributed by atoms with E-state index in [9.17, 15) is 9.18 Å². The molecule has 2 rings (SSSR count). The second kappa shape index (κ2) is 6.16. The van der Waals surface area contributed by atoms with Gasteiger partial charge in [-0.25, -0.2) is 4.39 Å². The van der Waals surface area contributed by atoms with Crippen molar-refractivity contribution in [2.45, 2.75) is 25.3 Å². The number of hydrogen-bond acceptors (Lipinski definition) is 2. The lowest BCUT2D eigenvalue weighted by Gasteiger charge is -2.16. The summed E-state index contributed by atoms with van der Waals surface area (Å²) in [5, 5.41) is 6.08. The number of carbonyl (C=O) groups excluding carboxylic acids is 1. The van der Waals surface area contributed by atoms with E-state index in [2.05, 4.69) is 10.6 Å². The maximum Gasteiger partial charge on any atom is 0.253 e. The smallest absolute Gasteiger partial charge is 0.253 e. The van der Waals surface area contributed by atoms with Crippen LogP contribution in [0.25, 0.3) is 0 Å². The molecule has 0 spiro atoms. The van der Waals surface area contributed by atoms with Crippen LogP contribution in [-0.2, 0) is 0 Å². The van der Waals surface area contributed by atoms with E-state index in [1.54, 1.807) is 0 Å². The number of nitrogens with one attached hydrogen (secondary N) is 2. The summed E-state index contributed by atoms with van der Waals surface area (Å²) in [6.07, 6.45) is 2.85. The summed E-state index contributed by atoms with van der Waals surface area (Å²) in [6.45, 7) is 1.87. The van der Waals surface area contributed by atoms with Gasteiger partial charge in [0.25, 0.3) is 5.91 Å². The van der Waals surface area contributed by atoms with E-state index in [-0.39, 0.29) is 22.5 Å². The highest BCUT2D eigenvalue weighted by molar-refractivity contribution is 6.34. The second-order valence-corrected chi connectivity index (χ2v) is 4.83. The van der Waals surface area contributed by atoms with Gasteiger partial charge in [-0.1, -0.05) is 17.7 Å². The van der Waals surface area contributed by atoms with Crippen LogP contribution in [0, 0.1) is 5.82 Å². The van der Waals surface area contributed by atoms with Crippen LogP contribution in [0.5, 0.6) is 0 Å². The Kier molecular flexibility index (Phi) is 4.55. The molecule has 2 N–H and O–H groups in total. The molecule has 1 aromatic rings. The number of rotatable bonds is 2. The van der Waals surface area contributed by atoms with Crippen LogP contribution in [0.1, 0.15) is 29.6 Å². The molecule has 0 aromatic heterocycles. The van der Waals surface area contributed by atoms with Crippen molar-refractivity contribution in [3.05, 3.63) is 34.6 Å². The Morgan fingerprint density at radius 1 is 1.39 bits per heavy atom. The fraction of sp³-hybridized carbons (Fsp3) is 0.462. The first-order chi connectivity index (χ1) is 8.68. The molecule has 1 aliphatic rings. The van der Waals surface area contributed by atoms with E-state index in [1.165, 1.54) is 18.2 Å². The molecular formula is C13H16ClFN2O. The van der Waals surface area contributed by atoms with E-state index >= 15 is 0 Å². The Labute approximate surface area is 111 Å².